The van der Waals surface area contributed by atoms with Gasteiger partial charge >= 0.3 is 5.97 Å². The molecule has 2 aromatic rings. The predicted molar refractivity (Wildman–Crippen MR) is 69.8 cm³/mol. The number of carbonyl (C=O) groups is 1. The number of rotatable bonds is 3. The van der Waals surface area contributed by atoms with Crippen molar-refractivity contribution in [2.24, 2.45) is 0 Å². The zero-order valence-electron chi connectivity index (χ0n) is 10.6. The zero-order valence-corrected chi connectivity index (χ0v) is 10.6. The summed E-state index contributed by atoms with van der Waals surface area (Å²) in [6.07, 6.45) is 2.76. The van der Waals surface area contributed by atoms with E-state index >= 15 is 0 Å². The van der Waals surface area contributed by atoms with Gasteiger partial charge in [0.15, 0.2) is 11.5 Å². The van der Waals surface area contributed by atoms with Crippen LogP contribution in [0.5, 0.6) is 0 Å². The topological polar surface area (TPSA) is 67.1 Å². The number of carboxylic acid groups (broad SMARTS) is 1. The highest BCUT2D eigenvalue weighted by molar-refractivity contribution is 5.93. The number of carboxylic acids is 1. The van der Waals surface area contributed by atoms with Crippen molar-refractivity contribution in [3.8, 4) is 0 Å². The van der Waals surface area contributed by atoms with Crippen molar-refractivity contribution in [3.05, 3.63) is 30.1 Å². The molecule has 19 heavy (non-hydrogen) atoms. The molecule has 0 saturated carbocycles. The number of nitrogens with zero attached hydrogens (tertiary/aromatic N) is 3. The second-order valence-electron chi connectivity index (χ2n) is 4.61. The number of methoxy groups -OCH3 is 1. The van der Waals surface area contributed by atoms with Crippen LogP contribution < -0.4 is 4.90 Å². The summed E-state index contributed by atoms with van der Waals surface area (Å²) in [4.78, 5) is 17.9. The molecule has 6 heteroatoms. The second-order valence-corrected chi connectivity index (χ2v) is 4.61. The van der Waals surface area contributed by atoms with Crippen LogP contribution in [0.3, 0.4) is 0 Å². The molecule has 3 heterocycles. The van der Waals surface area contributed by atoms with E-state index in [4.69, 9.17) is 4.74 Å². The third-order valence-electron chi connectivity index (χ3n) is 3.49. The molecule has 0 radical (unpaired) electrons. The highest BCUT2D eigenvalue weighted by Gasteiger charge is 2.29. The van der Waals surface area contributed by atoms with Gasteiger partial charge in [0, 0.05) is 26.4 Å². The van der Waals surface area contributed by atoms with Crippen molar-refractivity contribution in [3.63, 3.8) is 0 Å². The van der Waals surface area contributed by atoms with E-state index in [0.29, 0.717) is 18.0 Å². The number of hydrogen-bond acceptors (Lipinski definition) is 4. The molecule has 1 aliphatic heterocycles. The van der Waals surface area contributed by atoms with Gasteiger partial charge in [0.25, 0.3) is 0 Å². The van der Waals surface area contributed by atoms with Crippen LogP contribution in [-0.4, -0.2) is 46.8 Å². The maximum Gasteiger partial charge on any atom is 0.356 e. The predicted octanol–water partition coefficient (Wildman–Crippen LogP) is 1.26. The first-order valence-electron chi connectivity index (χ1n) is 6.19. The number of aromatic carboxylic acids is 1. The number of imidazole rings is 1. The lowest BCUT2D eigenvalue weighted by atomic mass is 10.3. The monoisotopic (exact) mass is 261 g/mol. The van der Waals surface area contributed by atoms with Crippen LogP contribution in [0.25, 0.3) is 5.65 Å². The maximum absolute atomic E-state index is 11.5. The quantitative estimate of drug-likeness (QED) is 0.901. The van der Waals surface area contributed by atoms with E-state index in [1.54, 1.807) is 29.8 Å². The summed E-state index contributed by atoms with van der Waals surface area (Å²) < 4.78 is 6.92. The normalized spacial score (nSPS) is 19.2. The van der Waals surface area contributed by atoms with Gasteiger partial charge in [0.1, 0.15) is 5.65 Å². The van der Waals surface area contributed by atoms with E-state index in [2.05, 4.69) is 4.98 Å². The fraction of sp³-hybridized carbons (Fsp3) is 0.385. The van der Waals surface area contributed by atoms with Crippen molar-refractivity contribution in [2.75, 3.05) is 25.1 Å². The summed E-state index contributed by atoms with van der Waals surface area (Å²) in [5.74, 6) is -0.437. The van der Waals surface area contributed by atoms with Crippen LogP contribution >= 0.6 is 0 Å². The Kier molecular flexibility index (Phi) is 2.87. The molecule has 1 atom stereocenters. The Balaban J connectivity index is 2.08. The molecule has 3 rings (SSSR count). The largest absolute Gasteiger partial charge is 0.476 e. The average molecular weight is 261 g/mol. The molecule has 0 bridgehead atoms. The Morgan fingerprint density at radius 2 is 2.37 bits per heavy atom. The van der Waals surface area contributed by atoms with Gasteiger partial charge in [-0.05, 0) is 18.6 Å². The van der Waals surface area contributed by atoms with Crippen molar-refractivity contribution >= 4 is 17.4 Å². The Morgan fingerprint density at radius 3 is 3.05 bits per heavy atom. The molecular formula is C13H15N3O3. The van der Waals surface area contributed by atoms with Crippen LogP contribution in [0.4, 0.5) is 5.82 Å². The van der Waals surface area contributed by atoms with Gasteiger partial charge in [-0.3, -0.25) is 4.40 Å². The Morgan fingerprint density at radius 1 is 1.53 bits per heavy atom. The molecule has 0 spiro atoms. The fourth-order valence-corrected chi connectivity index (χ4v) is 2.52. The zero-order chi connectivity index (χ0) is 13.4. The highest BCUT2D eigenvalue weighted by Crippen LogP contribution is 2.26. The fourth-order valence-electron chi connectivity index (χ4n) is 2.52. The van der Waals surface area contributed by atoms with E-state index in [1.165, 1.54) is 0 Å². The molecule has 0 aromatic carbocycles. The molecule has 1 fully saturated rings. The van der Waals surface area contributed by atoms with Gasteiger partial charge in [-0.25, -0.2) is 9.78 Å². The number of fused-ring (bicyclic) bond motifs is 1. The molecule has 1 N–H and O–H groups in total. The van der Waals surface area contributed by atoms with E-state index in [0.717, 1.165) is 13.0 Å². The first-order valence-corrected chi connectivity index (χ1v) is 6.19. The Bertz CT molecular complexity index is 623. The molecule has 6 nitrogen and oxygen atoms in total. The first kappa shape index (κ1) is 12.0. The molecule has 0 aliphatic carbocycles. The first-order chi connectivity index (χ1) is 9.20. The summed E-state index contributed by atoms with van der Waals surface area (Å²) in [6, 6.07) is 5.45. The lowest BCUT2D eigenvalue weighted by Crippen LogP contribution is -2.24. The maximum atomic E-state index is 11.5. The van der Waals surface area contributed by atoms with Gasteiger partial charge in [0.05, 0.1) is 6.10 Å². The van der Waals surface area contributed by atoms with Crippen LogP contribution in [0.15, 0.2) is 24.4 Å². The van der Waals surface area contributed by atoms with E-state index in [9.17, 15) is 9.90 Å². The number of ether oxygens (including phenoxy) is 1. The SMILES string of the molecule is COC1CCN(c2nc3ccccn3c2C(=O)O)C1. The van der Waals surface area contributed by atoms with Crippen molar-refractivity contribution in [1.82, 2.24) is 9.38 Å². The highest BCUT2D eigenvalue weighted by atomic mass is 16.5. The summed E-state index contributed by atoms with van der Waals surface area (Å²) in [7, 11) is 1.68. The van der Waals surface area contributed by atoms with Gasteiger partial charge < -0.3 is 14.7 Å². The summed E-state index contributed by atoms with van der Waals surface area (Å²) in [5.41, 5.74) is 0.864. The second kappa shape index (κ2) is 4.55. The molecule has 2 aromatic heterocycles. The molecule has 1 unspecified atom stereocenters. The van der Waals surface area contributed by atoms with Gasteiger partial charge in [0.2, 0.25) is 0 Å². The molecule has 1 saturated heterocycles. The van der Waals surface area contributed by atoms with Crippen LogP contribution in [0.2, 0.25) is 0 Å². The third kappa shape index (κ3) is 1.94. The minimum atomic E-state index is -0.963. The number of aromatic nitrogens is 2. The van der Waals surface area contributed by atoms with Crippen molar-refractivity contribution < 1.29 is 14.6 Å². The van der Waals surface area contributed by atoms with Gasteiger partial charge in [-0.15, -0.1) is 0 Å². The molecule has 1 aliphatic rings. The summed E-state index contributed by atoms with van der Waals surface area (Å²) in [6.45, 7) is 1.45. The Hall–Kier alpha value is -2.08. The average Bonchev–Trinajstić information content (AvgIpc) is 3.02. The summed E-state index contributed by atoms with van der Waals surface area (Å²) >= 11 is 0. The smallest absolute Gasteiger partial charge is 0.356 e. The molecule has 100 valence electrons. The number of pyridine rings is 1. The van der Waals surface area contributed by atoms with E-state index < -0.39 is 5.97 Å². The number of hydrogen-bond donors (Lipinski definition) is 1. The molecular weight excluding hydrogens is 246 g/mol. The standard InChI is InChI=1S/C13H15N3O3/c1-19-9-5-7-15(8-9)12-11(13(17)18)16-6-3-2-4-10(16)14-12/h2-4,6,9H,5,7-8H2,1H3,(H,17,18). The lowest BCUT2D eigenvalue weighted by Gasteiger charge is -2.15. The van der Waals surface area contributed by atoms with Crippen LogP contribution in [-0.2, 0) is 4.74 Å². The Labute approximate surface area is 110 Å². The van der Waals surface area contributed by atoms with Crippen LogP contribution in [0.1, 0.15) is 16.9 Å². The van der Waals surface area contributed by atoms with Crippen molar-refractivity contribution in [1.29, 1.82) is 0 Å². The minimum absolute atomic E-state index is 0.145. The van der Waals surface area contributed by atoms with Crippen LogP contribution in [0, 0.1) is 0 Å². The number of anilines is 1. The summed E-state index contributed by atoms with van der Waals surface area (Å²) in [5, 5.41) is 9.42. The van der Waals surface area contributed by atoms with E-state index in [1.807, 2.05) is 11.0 Å². The third-order valence-corrected chi connectivity index (χ3v) is 3.49. The molecule has 0 amide bonds. The van der Waals surface area contributed by atoms with Crippen molar-refractivity contribution in [2.45, 2.75) is 12.5 Å². The van der Waals surface area contributed by atoms with Gasteiger partial charge in [-0.2, -0.15) is 0 Å². The lowest BCUT2D eigenvalue weighted by molar-refractivity contribution is 0.0690. The van der Waals surface area contributed by atoms with E-state index in [-0.39, 0.29) is 11.8 Å². The minimum Gasteiger partial charge on any atom is -0.476 e. The van der Waals surface area contributed by atoms with Gasteiger partial charge in [-0.1, -0.05) is 6.07 Å².